The maximum Gasteiger partial charge on any atom is 0.416 e. The highest BCUT2D eigenvalue weighted by atomic mass is 19.4. The second kappa shape index (κ2) is 9.15. The lowest BCUT2D eigenvalue weighted by Gasteiger charge is -2.26. The van der Waals surface area contributed by atoms with Crippen LogP contribution in [0.4, 0.5) is 13.2 Å². The predicted molar refractivity (Wildman–Crippen MR) is 103 cm³/mol. The zero-order valence-corrected chi connectivity index (χ0v) is 16.6. The van der Waals surface area contributed by atoms with Gasteiger partial charge >= 0.3 is 6.18 Å². The van der Waals surface area contributed by atoms with Crippen molar-refractivity contribution in [3.63, 3.8) is 0 Å². The van der Waals surface area contributed by atoms with E-state index in [1.807, 2.05) is 0 Å². The molecule has 2 aliphatic rings. The summed E-state index contributed by atoms with van der Waals surface area (Å²) in [6.07, 6.45) is -0.266. The third-order valence-corrected chi connectivity index (χ3v) is 5.70. The normalized spacial score (nSPS) is 23.3. The topological polar surface area (TPSA) is 61.4 Å². The van der Waals surface area contributed by atoms with Gasteiger partial charge in [-0.25, -0.2) is 0 Å². The van der Waals surface area contributed by atoms with E-state index in [0.717, 1.165) is 31.8 Å². The van der Waals surface area contributed by atoms with Gasteiger partial charge in [0.2, 0.25) is 11.8 Å². The molecule has 2 fully saturated rings. The van der Waals surface area contributed by atoms with Gasteiger partial charge in [-0.1, -0.05) is 24.6 Å². The van der Waals surface area contributed by atoms with Crippen molar-refractivity contribution in [3.05, 3.63) is 35.4 Å². The summed E-state index contributed by atoms with van der Waals surface area (Å²) in [7, 11) is 0. The Balaban J connectivity index is 1.43. The number of likely N-dealkylation sites (tertiary alicyclic amines) is 1. The molecule has 0 aromatic heterocycles. The lowest BCUT2D eigenvalue weighted by molar-refractivity contribution is -0.137. The van der Waals surface area contributed by atoms with Crippen LogP contribution in [-0.2, 0) is 15.8 Å². The quantitative estimate of drug-likeness (QED) is 0.725. The average molecular weight is 411 g/mol. The summed E-state index contributed by atoms with van der Waals surface area (Å²) >= 11 is 0. The summed E-state index contributed by atoms with van der Waals surface area (Å²) in [5.41, 5.74) is -0.193. The lowest BCUT2D eigenvalue weighted by atomic mass is 10.1. The molecule has 1 heterocycles. The van der Waals surface area contributed by atoms with Gasteiger partial charge in [-0.2, -0.15) is 13.2 Å². The van der Waals surface area contributed by atoms with E-state index in [9.17, 15) is 22.8 Å². The van der Waals surface area contributed by atoms with E-state index in [0.29, 0.717) is 18.5 Å². The van der Waals surface area contributed by atoms with Crippen LogP contribution >= 0.6 is 0 Å². The van der Waals surface area contributed by atoms with Crippen LogP contribution in [-0.4, -0.2) is 48.9 Å². The van der Waals surface area contributed by atoms with Gasteiger partial charge < -0.3 is 15.5 Å². The zero-order valence-electron chi connectivity index (χ0n) is 16.6. The van der Waals surface area contributed by atoms with Gasteiger partial charge in [0, 0.05) is 19.0 Å². The van der Waals surface area contributed by atoms with Crippen LogP contribution in [0.1, 0.15) is 49.7 Å². The number of hydrogen-bond donors (Lipinski definition) is 2. The standard InChI is InChI=1S/C21H28F3N3O2/c1-14(19(28)25-8-11-27-9-3-2-4-10-27)26-20(29)18-13-17(18)15-6-5-7-16(12-15)21(22,23)24/h5-7,12,14,17-18H,2-4,8-11,13H2,1H3,(H,25,28)(H,26,29)/t14-,17+,18+/m1/s1. The molecule has 5 nitrogen and oxygen atoms in total. The van der Waals surface area contributed by atoms with E-state index < -0.39 is 17.8 Å². The largest absolute Gasteiger partial charge is 0.416 e. The van der Waals surface area contributed by atoms with Crippen LogP contribution in [0.25, 0.3) is 0 Å². The molecule has 1 aliphatic heterocycles. The van der Waals surface area contributed by atoms with Crippen LogP contribution in [0, 0.1) is 5.92 Å². The van der Waals surface area contributed by atoms with Gasteiger partial charge in [0.25, 0.3) is 0 Å². The number of nitrogens with zero attached hydrogens (tertiary/aromatic N) is 1. The van der Waals surface area contributed by atoms with Crippen molar-refractivity contribution in [1.82, 2.24) is 15.5 Å². The first-order valence-electron chi connectivity index (χ1n) is 10.2. The first-order chi connectivity index (χ1) is 13.8. The van der Waals surface area contributed by atoms with Gasteiger partial charge in [0.05, 0.1) is 5.56 Å². The summed E-state index contributed by atoms with van der Waals surface area (Å²) in [5.74, 6) is -1.15. The molecule has 160 valence electrons. The number of halogens is 3. The molecule has 29 heavy (non-hydrogen) atoms. The smallest absolute Gasteiger partial charge is 0.353 e. The van der Waals surface area contributed by atoms with Crippen LogP contribution < -0.4 is 10.6 Å². The third-order valence-electron chi connectivity index (χ3n) is 5.70. The predicted octanol–water partition coefficient (Wildman–Crippen LogP) is 2.92. The summed E-state index contributed by atoms with van der Waals surface area (Å²) in [5, 5.41) is 5.53. The molecule has 3 rings (SSSR count). The molecule has 3 atom stereocenters. The lowest BCUT2D eigenvalue weighted by Crippen LogP contribution is -2.47. The molecule has 1 aromatic rings. The fourth-order valence-corrected chi connectivity index (χ4v) is 3.86. The molecule has 1 aromatic carbocycles. The number of rotatable bonds is 7. The number of carbonyl (C=O) groups is 2. The van der Waals surface area contributed by atoms with Crippen LogP contribution in [0.5, 0.6) is 0 Å². The van der Waals surface area contributed by atoms with E-state index in [-0.39, 0.29) is 23.7 Å². The molecular weight excluding hydrogens is 383 g/mol. The molecule has 1 saturated carbocycles. The summed E-state index contributed by atoms with van der Waals surface area (Å²) in [6.45, 7) is 5.07. The van der Waals surface area contributed by atoms with Crippen molar-refractivity contribution < 1.29 is 22.8 Å². The molecule has 0 spiro atoms. The van der Waals surface area contributed by atoms with Crippen LogP contribution in [0.2, 0.25) is 0 Å². The Morgan fingerprint density at radius 3 is 2.62 bits per heavy atom. The Kier molecular flexibility index (Phi) is 6.82. The van der Waals surface area contributed by atoms with E-state index in [1.165, 1.54) is 25.3 Å². The molecule has 0 radical (unpaired) electrons. The monoisotopic (exact) mass is 411 g/mol. The second-order valence-corrected chi connectivity index (χ2v) is 8.00. The second-order valence-electron chi connectivity index (χ2n) is 8.00. The van der Waals surface area contributed by atoms with Gasteiger partial charge in [0.15, 0.2) is 0 Å². The van der Waals surface area contributed by atoms with Gasteiger partial charge in [-0.3, -0.25) is 9.59 Å². The van der Waals surface area contributed by atoms with Crippen molar-refractivity contribution >= 4 is 11.8 Å². The first-order valence-corrected chi connectivity index (χ1v) is 10.2. The van der Waals surface area contributed by atoms with Gasteiger partial charge in [-0.05, 0) is 56.8 Å². The number of piperidine rings is 1. The number of nitrogens with one attached hydrogen (secondary N) is 2. The summed E-state index contributed by atoms with van der Waals surface area (Å²) in [6, 6.07) is 4.44. The molecule has 2 amide bonds. The molecule has 0 unspecified atom stereocenters. The third kappa shape index (κ3) is 5.95. The number of carbonyl (C=O) groups excluding carboxylic acids is 2. The van der Waals surface area contributed by atoms with E-state index >= 15 is 0 Å². The molecule has 1 aliphatic carbocycles. The van der Waals surface area contributed by atoms with Crippen molar-refractivity contribution in [1.29, 1.82) is 0 Å². The van der Waals surface area contributed by atoms with Gasteiger partial charge in [-0.15, -0.1) is 0 Å². The maximum absolute atomic E-state index is 12.9. The molecular formula is C21H28F3N3O2. The highest BCUT2D eigenvalue weighted by molar-refractivity contribution is 5.89. The summed E-state index contributed by atoms with van der Waals surface area (Å²) in [4.78, 5) is 26.9. The molecule has 0 bridgehead atoms. The Morgan fingerprint density at radius 2 is 1.93 bits per heavy atom. The Morgan fingerprint density at radius 1 is 1.21 bits per heavy atom. The van der Waals surface area contributed by atoms with Crippen LogP contribution in [0.15, 0.2) is 24.3 Å². The number of hydrogen-bond acceptors (Lipinski definition) is 3. The SMILES string of the molecule is C[C@@H](NC(=O)[C@H]1C[C@H]1c1cccc(C(F)(F)F)c1)C(=O)NCCN1CCCCC1. The van der Waals surface area contributed by atoms with Crippen molar-refractivity contribution in [2.45, 2.75) is 50.7 Å². The van der Waals surface area contributed by atoms with E-state index in [2.05, 4.69) is 15.5 Å². The number of alkyl halides is 3. The number of benzene rings is 1. The first kappa shape index (κ1) is 21.6. The Hall–Kier alpha value is -2.09. The van der Waals surface area contributed by atoms with Crippen molar-refractivity contribution in [3.8, 4) is 0 Å². The highest BCUT2D eigenvalue weighted by Crippen LogP contribution is 2.48. The van der Waals surface area contributed by atoms with E-state index in [4.69, 9.17) is 0 Å². The molecule has 8 heteroatoms. The van der Waals surface area contributed by atoms with Crippen molar-refractivity contribution in [2.24, 2.45) is 5.92 Å². The molecule has 1 saturated heterocycles. The zero-order chi connectivity index (χ0) is 21.0. The minimum absolute atomic E-state index is 0.230. The maximum atomic E-state index is 12.9. The Labute approximate surface area is 169 Å². The minimum atomic E-state index is -4.40. The molecule has 2 N–H and O–H groups in total. The van der Waals surface area contributed by atoms with Crippen LogP contribution in [0.3, 0.4) is 0 Å². The summed E-state index contributed by atoms with van der Waals surface area (Å²) < 4.78 is 38.6. The fraction of sp³-hybridized carbons (Fsp3) is 0.619. The average Bonchev–Trinajstić information content (AvgIpc) is 3.49. The van der Waals surface area contributed by atoms with E-state index in [1.54, 1.807) is 13.0 Å². The number of amides is 2. The van der Waals surface area contributed by atoms with Crippen molar-refractivity contribution in [2.75, 3.05) is 26.2 Å². The highest BCUT2D eigenvalue weighted by Gasteiger charge is 2.45. The van der Waals surface area contributed by atoms with Gasteiger partial charge in [0.1, 0.15) is 6.04 Å². The fourth-order valence-electron chi connectivity index (χ4n) is 3.86. The Bertz CT molecular complexity index is 732. The minimum Gasteiger partial charge on any atom is -0.353 e.